The second-order valence-electron chi connectivity index (χ2n) is 6.85. The van der Waals surface area contributed by atoms with E-state index in [0.717, 1.165) is 64.7 Å². The maximum Gasteiger partial charge on any atom is 0.191 e. The number of aliphatic imine (C=N–C) groups is 1. The van der Waals surface area contributed by atoms with Gasteiger partial charge in [-0.05, 0) is 39.5 Å². The summed E-state index contributed by atoms with van der Waals surface area (Å²) < 4.78 is 5.35. The first kappa shape index (κ1) is 22.4. The molecule has 144 valence electrons. The van der Waals surface area contributed by atoms with Crippen molar-refractivity contribution in [1.29, 1.82) is 0 Å². The molecule has 2 heterocycles. The summed E-state index contributed by atoms with van der Waals surface area (Å²) >= 11 is 0. The van der Waals surface area contributed by atoms with Gasteiger partial charge in [-0.25, -0.2) is 0 Å². The third-order valence-electron chi connectivity index (χ3n) is 4.53. The van der Waals surface area contributed by atoms with E-state index in [2.05, 4.69) is 42.0 Å². The van der Waals surface area contributed by atoms with Crippen molar-refractivity contribution in [2.24, 2.45) is 4.99 Å². The van der Waals surface area contributed by atoms with Gasteiger partial charge in [0.15, 0.2) is 5.96 Å². The van der Waals surface area contributed by atoms with Crippen LogP contribution in [0.1, 0.15) is 39.5 Å². The van der Waals surface area contributed by atoms with Gasteiger partial charge in [-0.15, -0.1) is 24.0 Å². The van der Waals surface area contributed by atoms with E-state index in [0.29, 0.717) is 6.04 Å². The summed E-state index contributed by atoms with van der Waals surface area (Å²) in [7, 11) is 0. The Hall–Kier alpha value is -0.600. The summed E-state index contributed by atoms with van der Waals surface area (Å²) in [5.74, 6) is 0.962. The van der Waals surface area contributed by atoms with Gasteiger partial charge in [0.2, 0.25) is 0 Å². The predicted molar refractivity (Wildman–Crippen MR) is 117 cm³/mol. The van der Waals surface area contributed by atoms with E-state index < -0.39 is 0 Å². The van der Waals surface area contributed by atoms with E-state index in [1.807, 2.05) is 0 Å². The Morgan fingerprint density at radius 1 is 1.40 bits per heavy atom. The standard InChI is InChI=1S/C19H34N4O.HI/c1-4-20-19(21-10-5-17-8-13-24-14-9-17)22-18-6-11-23(12-7-18)15-16(2)3;/h8,18H,2,4-7,9-15H2,1,3H3,(H2,20,21,22);1H. The van der Waals surface area contributed by atoms with Gasteiger partial charge in [-0.1, -0.05) is 23.8 Å². The molecule has 2 rings (SSSR count). The fraction of sp³-hybridized carbons (Fsp3) is 0.737. The van der Waals surface area contributed by atoms with Gasteiger partial charge in [0, 0.05) is 38.8 Å². The van der Waals surface area contributed by atoms with Crippen LogP contribution in [0.5, 0.6) is 0 Å². The van der Waals surface area contributed by atoms with Crippen molar-refractivity contribution in [3.8, 4) is 0 Å². The summed E-state index contributed by atoms with van der Waals surface area (Å²) in [5.41, 5.74) is 2.73. The Morgan fingerprint density at radius 3 is 2.76 bits per heavy atom. The molecule has 1 fully saturated rings. The molecule has 2 aliphatic rings. The number of rotatable bonds is 7. The zero-order chi connectivity index (χ0) is 17.2. The van der Waals surface area contributed by atoms with E-state index in [9.17, 15) is 0 Å². The van der Waals surface area contributed by atoms with Crippen molar-refractivity contribution < 1.29 is 4.74 Å². The van der Waals surface area contributed by atoms with Gasteiger partial charge in [0.05, 0.1) is 13.2 Å². The minimum absolute atomic E-state index is 0. The number of hydrogen-bond donors (Lipinski definition) is 2. The molecule has 25 heavy (non-hydrogen) atoms. The second kappa shape index (κ2) is 12.7. The molecule has 0 radical (unpaired) electrons. The summed E-state index contributed by atoms with van der Waals surface area (Å²) in [4.78, 5) is 7.24. The van der Waals surface area contributed by atoms with Crippen molar-refractivity contribution in [1.82, 2.24) is 15.5 Å². The van der Waals surface area contributed by atoms with Crippen LogP contribution >= 0.6 is 24.0 Å². The third kappa shape index (κ3) is 9.06. The molecule has 0 saturated carbocycles. The first-order chi connectivity index (χ1) is 11.7. The van der Waals surface area contributed by atoms with Crippen molar-refractivity contribution in [3.05, 3.63) is 23.8 Å². The highest BCUT2D eigenvalue weighted by molar-refractivity contribution is 14.0. The minimum atomic E-state index is 0. The van der Waals surface area contributed by atoms with Crippen LogP contribution in [-0.4, -0.2) is 62.8 Å². The molecule has 1 saturated heterocycles. The smallest absolute Gasteiger partial charge is 0.191 e. The fourth-order valence-corrected chi connectivity index (χ4v) is 3.23. The zero-order valence-electron chi connectivity index (χ0n) is 15.9. The molecule has 0 atom stereocenters. The SMILES string of the molecule is C=C(C)CN1CCC(NC(=NCCC2=CCOCC2)NCC)CC1.I. The lowest BCUT2D eigenvalue weighted by molar-refractivity contribution is 0.153. The minimum Gasteiger partial charge on any atom is -0.377 e. The van der Waals surface area contributed by atoms with Crippen molar-refractivity contribution >= 4 is 29.9 Å². The first-order valence-electron chi connectivity index (χ1n) is 9.34. The number of hydrogen-bond acceptors (Lipinski definition) is 3. The molecule has 6 heteroatoms. The van der Waals surface area contributed by atoms with E-state index in [1.54, 1.807) is 0 Å². The predicted octanol–water partition coefficient (Wildman–Crippen LogP) is 2.94. The lowest BCUT2D eigenvalue weighted by Crippen LogP contribution is -2.48. The maximum absolute atomic E-state index is 5.35. The molecule has 5 nitrogen and oxygen atoms in total. The Balaban J connectivity index is 0.00000312. The van der Waals surface area contributed by atoms with Crippen LogP contribution in [0.25, 0.3) is 0 Å². The number of nitrogens with zero attached hydrogens (tertiary/aromatic N) is 2. The fourth-order valence-electron chi connectivity index (χ4n) is 3.23. The average Bonchev–Trinajstić information content (AvgIpc) is 2.57. The number of likely N-dealkylation sites (tertiary alicyclic amines) is 1. The van der Waals surface area contributed by atoms with Gasteiger partial charge < -0.3 is 15.4 Å². The summed E-state index contributed by atoms with van der Waals surface area (Å²) in [6.07, 6.45) is 6.63. The quantitative estimate of drug-likeness (QED) is 0.265. The lowest BCUT2D eigenvalue weighted by Gasteiger charge is -2.33. The normalized spacial score (nSPS) is 19.8. The largest absolute Gasteiger partial charge is 0.377 e. The highest BCUT2D eigenvalue weighted by atomic mass is 127. The van der Waals surface area contributed by atoms with E-state index in [4.69, 9.17) is 9.73 Å². The Kier molecular flexibility index (Phi) is 11.4. The number of nitrogens with one attached hydrogen (secondary N) is 2. The van der Waals surface area contributed by atoms with Gasteiger partial charge >= 0.3 is 0 Å². The monoisotopic (exact) mass is 462 g/mol. The Bertz CT molecular complexity index is 456. The van der Waals surface area contributed by atoms with Gasteiger partial charge in [-0.3, -0.25) is 9.89 Å². The molecular formula is C19H35IN4O. The number of halogens is 1. The van der Waals surface area contributed by atoms with E-state index in [1.165, 1.54) is 24.0 Å². The first-order valence-corrected chi connectivity index (χ1v) is 9.34. The third-order valence-corrected chi connectivity index (χ3v) is 4.53. The van der Waals surface area contributed by atoms with E-state index in [-0.39, 0.29) is 24.0 Å². The maximum atomic E-state index is 5.35. The van der Waals surface area contributed by atoms with Crippen LogP contribution in [0.15, 0.2) is 28.8 Å². The van der Waals surface area contributed by atoms with Gasteiger partial charge in [-0.2, -0.15) is 0 Å². The summed E-state index contributed by atoms with van der Waals surface area (Å²) in [6.45, 7) is 14.9. The van der Waals surface area contributed by atoms with Crippen LogP contribution in [0.4, 0.5) is 0 Å². The molecule has 0 unspecified atom stereocenters. The summed E-state index contributed by atoms with van der Waals surface area (Å²) in [5, 5.41) is 6.99. The van der Waals surface area contributed by atoms with Crippen LogP contribution in [0, 0.1) is 0 Å². The molecule has 0 aromatic carbocycles. The topological polar surface area (TPSA) is 48.9 Å². The summed E-state index contributed by atoms with van der Waals surface area (Å²) in [6, 6.07) is 0.520. The molecule has 0 aliphatic carbocycles. The van der Waals surface area contributed by atoms with Crippen molar-refractivity contribution in [2.45, 2.75) is 45.6 Å². The lowest BCUT2D eigenvalue weighted by atomic mass is 10.0. The molecule has 0 spiro atoms. The molecule has 0 aromatic heterocycles. The average molecular weight is 462 g/mol. The van der Waals surface area contributed by atoms with Crippen LogP contribution < -0.4 is 10.6 Å². The Labute approximate surface area is 170 Å². The zero-order valence-corrected chi connectivity index (χ0v) is 18.2. The second-order valence-corrected chi connectivity index (χ2v) is 6.85. The highest BCUT2D eigenvalue weighted by Gasteiger charge is 2.19. The van der Waals surface area contributed by atoms with Gasteiger partial charge in [0.1, 0.15) is 0 Å². The van der Waals surface area contributed by atoms with Gasteiger partial charge in [0.25, 0.3) is 0 Å². The molecule has 0 aromatic rings. The number of guanidine groups is 1. The molecule has 0 amide bonds. The highest BCUT2D eigenvalue weighted by Crippen LogP contribution is 2.13. The van der Waals surface area contributed by atoms with Crippen molar-refractivity contribution in [2.75, 3.05) is 45.9 Å². The van der Waals surface area contributed by atoms with Crippen LogP contribution in [-0.2, 0) is 4.74 Å². The molecular weight excluding hydrogens is 427 g/mol. The Morgan fingerprint density at radius 2 is 2.16 bits per heavy atom. The molecule has 2 aliphatic heterocycles. The van der Waals surface area contributed by atoms with Crippen molar-refractivity contribution in [3.63, 3.8) is 0 Å². The van der Waals surface area contributed by atoms with Crippen LogP contribution in [0.2, 0.25) is 0 Å². The molecule has 2 N–H and O–H groups in total. The van der Waals surface area contributed by atoms with Crippen LogP contribution in [0.3, 0.4) is 0 Å². The number of ether oxygens (including phenoxy) is 1. The van der Waals surface area contributed by atoms with E-state index >= 15 is 0 Å². The molecule has 0 bridgehead atoms. The number of piperidine rings is 1.